The first kappa shape index (κ1) is 8.28. The Morgan fingerprint density at radius 1 is 1.56 bits per heavy atom. The summed E-state index contributed by atoms with van der Waals surface area (Å²) in [5.74, 6) is 0. The van der Waals surface area contributed by atoms with E-state index in [1.807, 2.05) is 6.92 Å². The summed E-state index contributed by atoms with van der Waals surface area (Å²) in [6, 6.07) is 0. The van der Waals surface area contributed by atoms with Crippen molar-refractivity contribution in [3.05, 3.63) is 23.9 Å². The molecule has 0 spiro atoms. The standard InChI is InChI=1S/C8H15N/c1-4-7(2)5-6-8(3)9/h4H,3,5-6,9H2,1-2H3/b7-4+. The van der Waals surface area contributed by atoms with Crippen molar-refractivity contribution in [2.45, 2.75) is 26.7 Å². The summed E-state index contributed by atoms with van der Waals surface area (Å²) in [6.07, 6.45) is 4.06. The fourth-order valence-electron chi connectivity index (χ4n) is 0.502. The molecule has 0 saturated carbocycles. The maximum atomic E-state index is 5.37. The number of nitrogens with two attached hydrogens (primary N) is 1. The van der Waals surface area contributed by atoms with Crippen LogP contribution in [-0.2, 0) is 0 Å². The summed E-state index contributed by atoms with van der Waals surface area (Å²) in [7, 11) is 0. The van der Waals surface area contributed by atoms with Gasteiger partial charge in [-0.2, -0.15) is 0 Å². The molecule has 0 aliphatic heterocycles. The van der Waals surface area contributed by atoms with Crippen LogP contribution in [0.5, 0.6) is 0 Å². The third-order valence-electron chi connectivity index (χ3n) is 1.33. The van der Waals surface area contributed by atoms with Gasteiger partial charge in [-0.15, -0.1) is 0 Å². The number of hydrogen-bond donors (Lipinski definition) is 1. The minimum absolute atomic E-state index is 0.774. The van der Waals surface area contributed by atoms with Gasteiger partial charge >= 0.3 is 0 Å². The quantitative estimate of drug-likeness (QED) is 0.575. The highest BCUT2D eigenvalue weighted by molar-refractivity contribution is 4.99. The van der Waals surface area contributed by atoms with Crippen LogP contribution in [0.1, 0.15) is 26.7 Å². The van der Waals surface area contributed by atoms with E-state index in [2.05, 4.69) is 19.6 Å². The van der Waals surface area contributed by atoms with Gasteiger partial charge in [0.25, 0.3) is 0 Å². The van der Waals surface area contributed by atoms with Gasteiger partial charge in [-0.25, -0.2) is 0 Å². The lowest BCUT2D eigenvalue weighted by Gasteiger charge is -1.97. The van der Waals surface area contributed by atoms with Crippen molar-refractivity contribution in [3.63, 3.8) is 0 Å². The second-order valence-electron chi connectivity index (χ2n) is 2.29. The largest absolute Gasteiger partial charge is 0.403 e. The predicted molar refractivity (Wildman–Crippen MR) is 42.0 cm³/mol. The summed E-state index contributed by atoms with van der Waals surface area (Å²) in [6.45, 7) is 7.75. The van der Waals surface area contributed by atoms with E-state index in [4.69, 9.17) is 5.73 Å². The van der Waals surface area contributed by atoms with Crippen LogP contribution in [-0.4, -0.2) is 0 Å². The Kier molecular flexibility index (Phi) is 3.85. The average Bonchev–Trinajstić information content (AvgIpc) is 1.83. The zero-order valence-corrected chi connectivity index (χ0v) is 6.28. The minimum Gasteiger partial charge on any atom is -0.403 e. The first-order chi connectivity index (χ1) is 4.16. The molecule has 1 nitrogen and oxygen atoms in total. The fourth-order valence-corrected chi connectivity index (χ4v) is 0.502. The third kappa shape index (κ3) is 5.15. The molecule has 1 heteroatoms. The van der Waals surface area contributed by atoms with Gasteiger partial charge in [-0.1, -0.05) is 18.2 Å². The highest BCUT2D eigenvalue weighted by atomic mass is 14.5. The van der Waals surface area contributed by atoms with Crippen LogP contribution < -0.4 is 5.73 Å². The van der Waals surface area contributed by atoms with E-state index >= 15 is 0 Å². The van der Waals surface area contributed by atoms with Crippen molar-refractivity contribution in [2.24, 2.45) is 5.73 Å². The Labute approximate surface area is 57.3 Å². The Morgan fingerprint density at radius 2 is 2.11 bits per heavy atom. The summed E-state index contributed by atoms with van der Waals surface area (Å²) in [4.78, 5) is 0. The van der Waals surface area contributed by atoms with E-state index in [0.29, 0.717) is 0 Å². The van der Waals surface area contributed by atoms with Crippen LogP contribution in [0.15, 0.2) is 23.9 Å². The SMILES string of the molecule is C=C(N)CC/C(C)=C/C. The Bertz CT molecular complexity index is 123. The highest BCUT2D eigenvalue weighted by Crippen LogP contribution is 2.05. The third-order valence-corrected chi connectivity index (χ3v) is 1.33. The Balaban J connectivity index is 3.39. The van der Waals surface area contributed by atoms with Crippen molar-refractivity contribution < 1.29 is 0 Å². The van der Waals surface area contributed by atoms with Gasteiger partial charge in [-0.05, 0) is 26.7 Å². The Morgan fingerprint density at radius 3 is 2.44 bits per heavy atom. The first-order valence-corrected chi connectivity index (χ1v) is 3.22. The molecule has 0 amide bonds. The van der Waals surface area contributed by atoms with Gasteiger partial charge < -0.3 is 5.73 Å². The lowest BCUT2D eigenvalue weighted by Crippen LogP contribution is -1.93. The highest BCUT2D eigenvalue weighted by Gasteiger charge is 1.88. The van der Waals surface area contributed by atoms with Crippen molar-refractivity contribution in [2.75, 3.05) is 0 Å². The van der Waals surface area contributed by atoms with Gasteiger partial charge in [0, 0.05) is 5.70 Å². The van der Waals surface area contributed by atoms with Crippen LogP contribution >= 0.6 is 0 Å². The van der Waals surface area contributed by atoms with Gasteiger partial charge in [0.2, 0.25) is 0 Å². The lowest BCUT2D eigenvalue weighted by molar-refractivity contribution is 0.913. The van der Waals surface area contributed by atoms with Gasteiger partial charge in [0.15, 0.2) is 0 Å². The molecule has 0 aromatic heterocycles. The summed E-state index contributed by atoms with van der Waals surface area (Å²) in [5.41, 5.74) is 7.52. The molecule has 9 heavy (non-hydrogen) atoms. The van der Waals surface area contributed by atoms with Crippen molar-refractivity contribution >= 4 is 0 Å². The molecule has 0 radical (unpaired) electrons. The van der Waals surface area contributed by atoms with E-state index in [9.17, 15) is 0 Å². The lowest BCUT2D eigenvalue weighted by atomic mass is 10.1. The molecule has 0 unspecified atom stereocenters. The molecular weight excluding hydrogens is 110 g/mol. The van der Waals surface area contributed by atoms with Gasteiger partial charge in [0.05, 0.1) is 0 Å². The number of allylic oxidation sites excluding steroid dienone is 3. The zero-order valence-electron chi connectivity index (χ0n) is 6.28. The van der Waals surface area contributed by atoms with Crippen molar-refractivity contribution in [1.82, 2.24) is 0 Å². The van der Waals surface area contributed by atoms with E-state index < -0.39 is 0 Å². The normalized spacial score (nSPS) is 11.6. The first-order valence-electron chi connectivity index (χ1n) is 3.22. The monoisotopic (exact) mass is 125 g/mol. The van der Waals surface area contributed by atoms with Crippen LogP contribution in [0, 0.1) is 0 Å². The molecule has 0 bridgehead atoms. The van der Waals surface area contributed by atoms with Crippen molar-refractivity contribution in [3.8, 4) is 0 Å². The topological polar surface area (TPSA) is 26.0 Å². The molecule has 52 valence electrons. The van der Waals surface area contributed by atoms with Crippen molar-refractivity contribution in [1.29, 1.82) is 0 Å². The van der Waals surface area contributed by atoms with Crippen LogP contribution in [0.3, 0.4) is 0 Å². The molecule has 0 atom stereocenters. The second kappa shape index (κ2) is 4.19. The smallest absolute Gasteiger partial charge is 0.00106 e. The molecule has 0 heterocycles. The summed E-state index contributed by atoms with van der Waals surface area (Å²) in [5, 5.41) is 0. The van der Waals surface area contributed by atoms with Crippen LogP contribution in [0.2, 0.25) is 0 Å². The van der Waals surface area contributed by atoms with E-state index in [1.165, 1.54) is 5.57 Å². The molecule has 0 aliphatic carbocycles. The maximum absolute atomic E-state index is 5.37. The second-order valence-corrected chi connectivity index (χ2v) is 2.29. The van der Waals surface area contributed by atoms with Gasteiger partial charge in [0.1, 0.15) is 0 Å². The van der Waals surface area contributed by atoms with Gasteiger partial charge in [-0.3, -0.25) is 0 Å². The fraction of sp³-hybridized carbons (Fsp3) is 0.500. The van der Waals surface area contributed by atoms with E-state index in [-0.39, 0.29) is 0 Å². The maximum Gasteiger partial charge on any atom is 0.00106 e. The number of hydrogen-bond acceptors (Lipinski definition) is 1. The molecule has 0 rings (SSSR count). The van der Waals surface area contributed by atoms with Crippen LogP contribution in [0.4, 0.5) is 0 Å². The van der Waals surface area contributed by atoms with Crippen LogP contribution in [0.25, 0.3) is 0 Å². The molecule has 0 aromatic rings. The molecule has 0 fully saturated rings. The summed E-state index contributed by atoms with van der Waals surface area (Å²) < 4.78 is 0. The molecule has 0 aliphatic rings. The summed E-state index contributed by atoms with van der Waals surface area (Å²) >= 11 is 0. The van der Waals surface area contributed by atoms with E-state index in [0.717, 1.165) is 18.5 Å². The molecule has 0 aromatic carbocycles. The average molecular weight is 125 g/mol. The van der Waals surface area contributed by atoms with E-state index in [1.54, 1.807) is 0 Å². The zero-order chi connectivity index (χ0) is 7.28. The predicted octanol–water partition coefficient (Wildman–Crippen LogP) is 2.21. The Hall–Kier alpha value is -0.720. The molecular formula is C8H15N. The number of rotatable bonds is 3. The molecule has 0 saturated heterocycles. The molecule has 2 N–H and O–H groups in total. The minimum atomic E-state index is 0.774.